The van der Waals surface area contributed by atoms with Crippen LogP contribution in [0.4, 0.5) is 10.5 Å². The lowest BCUT2D eigenvalue weighted by Crippen LogP contribution is -2.49. The number of hydrogen-bond donors (Lipinski definition) is 1. The lowest BCUT2D eigenvalue weighted by Gasteiger charge is -2.35. The highest BCUT2D eigenvalue weighted by atomic mass is 32.1. The number of benzene rings is 2. The van der Waals surface area contributed by atoms with Crippen LogP contribution in [0.2, 0.25) is 0 Å². The van der Waals surface area contributed by atoms with Crippen LogP contribution in [0, 0.1) is 6.92 Å². The molecule has 1 aromatic heterocycles. The van der Waals surface area contributed by atoms with Crippen LogP contribution in [0.15, 0.2) is 66.7 Å². The van der Waals surface area contributed by atoms with Gasteiger partial charge in [-0.15, -0.1) is 11.3 Å². The van der Waals surface area contributed by atoms with Crippen molar-refractivity contribution < 1.29 is 14.3 Å². The maximum atomic E-state index is 13.8. The molecule has 1 heterocycles. The number of hydrogen-bond acceptors (Lipinski definition) is 4. The van der Waals surface area contributed by atoms with Crippen LogP contribution in [0.3, 0.4) is 0 Å². The van der Waals surface area contributed by atoms with Gasteiger partial charge in [-0.25, -0.2) is 4.79 Å². The molecular weight excluding hydrogens is 482 g/mol. The summed E-state index contributed by atoms with van der Waals surface area (Å²) in [6, 6.07) is 21.4. The highest BCUT2D eigenvalue weighted by molar-refractivity contribution is 7.11. The quantitative estimate of drug-likeness (QED) is 0.319. The molecule has 0 radical (unpaired) electrons. The van der Waals surface area contributed by atoms with E-state index in [-0.39, 0.29) is 24.5 Å². The second-order valence-corrected chi connectivity index (χ2v) is 10.9. The van der Waals surface area contributed by atoms with Crippen molar-refractivity contribution in [3.63, 3.8) is 0 Å². The van der Waals surface area contributed by atoms with Gasteiger partial charge < -0.3 is 19.9 Å². The maximum Gasteiger partial charge on any atom is 0.322 e. The van der Waals surface area contributed by atoms with Gasteiger partial charge in [-0.2, -0.15) is 0 Å². The molecule has 1 aliphatic carbocycles. The Kier molecular flexibility index (Phi) is 9.60. The van der Waals surface area contributed by atoms with Crippen molar-refractivity contribution >= 4 is 29.0 Å². The molecule has 0 spiro atoms. The summed E-state index contributed by atoms with van der Waals surface area (Å²) in [5.41, 5.74) is 1.77. The molecule has 0 unspecified atom stereocenters. The van der Waals surface area contributed by atoms with Gasteiger partial charge in [0.1, 0.15) is 12.3 Å². The van der Waals surface area contributed by atoms with E-state index < -0.39 is 0 Å². The Bertz CT molecular complexity index is 1140. The molecule has 0 aliphatic heterocycles. The van der Waals surface area contributed by atoms with E-state index in [1.54, 1.807) is 16.2 Å². The van der Waals surface area contributed by atoms with Crippen molar-refractivity contribution in [2.75, 3.05) is 18.5 Å². The van der Waals surface area contributed by atoms with Gasteiger partial charge in [-0.05, 0) is 68.7 Å². The molecule has 7 heteroatoms. The SMILES string of the molecule is CCOc1ccc(NC(=O)N(CC(=O)N(Cc2ccccc2)Cc2ccc(C)s2)C2CCCCC2)cc1. The number of anilines is 1. The Morgan fingerprint density at radius 1 is 0.946 bits per heavy atom. The van der Waals surface area contributed by atoms with Crippen molar-refractivity contribution in [1.29, 1.82) is 0 Å². The summed E-state index contributed by atoms with van der Waals surface area (Å²) >= 11 is 1.71. The number of rotatable bonds is 10. The number of carbonyl (C=O) groups is 2. The number of urea groups is 1. The summed E-state index contributed by atoms with van der Waals surface area (Å²) < 4.78 is 5.51. The molecule has 1 saturated carbocycles. The van der Waals surface area contributed by atoms with Crippen LogP contribution in [0.25, 0.3) is 0 Å². The second kappa shape index (κ2) is 13.3. The lowest BCUT2D eigenvalue weighted by atomic mass is 9.94. The first-order valence-electron chi connectivity index (χ1n) is 13.2. The normalized spacial score (nSPS) is 13.7. The Morgan fingerprint density at radius 3 is 2.32 bits per heavy atom. The molecule has 1 N–H and O–H groups in total. The summed E-state index contributed by atoms with van der Waals surface area (Å²) in [6.45, 7) is 5.71. The molecular formula is C30H37N3O3S. The van der Waals surface area contributed by atoms with E-state index in [1.165, 1.54) is 11.3 Å². The molecule has 0 saturated heterocycles. The predicted octanol–water partition coefficient (Wildman–Crippen LogP) is 6.85. The van der Waals surface area contributed by atoms with E-state index in [1.807, 2.05) is 66.4 Å². The van der Waals surface area contributed by atoms with Gasteiger partial charge in [0.25, 0.3) is 0 Å². The predicted molar refractivity (Wildman–Crippen MR) is 150 cm³/mol. The minimum Gasteiger partial charge on any atom is -0.494 e. The Hall–Kier alpha value is -3.32. The second-order valence-electron chi connectivity index (χ2n) is 9.56. The first-order valence-corrected chi connectivity index (χ1v) is 14.0. The number of amides is 3. The average Bonchev–Trinajstić information content (AvgIpc) is 3.33. The standard InChI is InChI=1S/C30H37N3O3S/c1-3-36-27-17-15-25(16-18-27)31-30(35)33(26-12-8-5-9-13-26)22-29(34)32(20-24-10-6-4-7-11-24)21-28-19-14-23(2)37-28/h4,6-7,10-11,14-19,26H,3,5,8-9,12-13,20-22H2,1-2H3,(H,31,35). The third kappa shape index (κ3) is 7.83. The van der Waals surface area contributed by atoms with E-state index in [9.17, 15) is 9.59 Å². The number of ether oxygens (including phenoxy) is 1. The van der Waals surface area contributed by atoms with Crippen LogP contribution >= 0.6 is 11.3 Å². The number of carbonyl (C=O) groups excluding carboxylic acids is 2. The first-order chi connectivity index (χ1) is 18.0. The fourth-order valence-corrected chi connectivity index (χ4v) is 5.70. The monoisotopic (exact) mass is 519 g/mol. The molecule has 196 valence electrons. The fourth-order valence-electron chi connectivity index (χ4n) is 4.80. The van der Waals surface area contributed by atoms with Crippen LogP contribution in [0.5, 0.6) is 5.75 Å². The molecule has 6 nitrogen and oxygen atoms in total. The fraction of sp³-hybridized carbons (Fsp3) is 0.400. The minimum atomic E-state index is -0.226. The number of thiophene rings is 1. The van der Waals surface area contributed by atoms with E-state index >= 15 is 0 Å². The first kappa shape index (κ1) is 26.7. The summed E-state index contributed by atoms with van der Waals surface area (Å²) in [4.78, 5) is 33.3. The largest absolute Gasteiger partial charge is 0.494 e. The van der Waals surface area contributed by atoms with Crippen molar-refractivity contribution in [3.05, 3.63) is 82.0 Å². The zero-order valence-electron chi connectivity index (χ0n) is 21.8. The molecule has 1 aliphatic rings. The molecule has 0 bridgehead atoms. The van der Waals surface area contributed by atoms with E-state index in [0.717, 1.165) is 41.9 Å². The zero-order chi connectivity index (χ0) is 26.0. The highest BCUT2D eigenvalue weighted by Crippen LogP contribution is 2.25. The Balaban J connectivity index is 1.51. The van der Waals surface area contributed by atoms with E-state index in [4.69, 9.17) is 4.74 Å². The van der Waals surface area contributed by atoms with Crippen LogP contribution < -0.4 is 10.1 Å². The van der Waals surface area contributed by atoms with E-state index in [2.05, 4.69) is 24.4 Å². The van der Waals surface area contributed by atoms with Crippen molar-refractivity contribution in [3.8, 4) is 5.75 Å². The maximum absolute atomic E-state index is 13.8. The van der Waals surface area contributed by atoms with Gasteiger partial charge >= 0.3 is 6.03 Å². The van der Waals surface area contributed by atoms with Crippen molar-refractivity contribution in [2.24, 2.45) is 0 Å². The number of nitrogens with one attached hydrogen (secondary N) is 1. The van der Waals surface area contributed by atoms with Crippen molar-refractivity contribution in [2.45, 2.75) is 65.1 Å². The van der Waals surface area contributed by atoms with Crippen LogP contribution in [0.1, 0.15) is 54.3 Å². The summed E-state index contributed by atoms with van der Waals surface area (Å²) in [6.07, 6.45) is 5.18. The number of nitrogens with zero attached hydrogens (tertiary/aromatic N) is 2. The minimum absolute atomic E-state index is 0.0395. The molecule has 0 atom stereocenters. The van der Waals surface area contributed by atoms with Gasteiger partial charge in [-0.1, -0.05) is 49.6 Å². The third-order valence-electron chi connectivity index (χ3n) is 6.71. The number of aryl methyl sites for hydroxylation is 1. The molecule has 1 fully saturated rings. The van der Waals surface area contributed by atoms with Gasteiger partial charge in [-0.3, -0.25) is 4.79 Å². The molecule has 2 aromatic carbocycles. The molecule has 3 aromatic rings. The van der Waals surface area contributed by atoms with E-state index in [0.29, 0.717) is 25.4 Å². The molecule has 3 amide bonds. The summed E-state index contributed by atoms with van der Waals surface area (Å²) in [5.74, 6) is 0.725. The summed E-state index contributed by atoms with van der Waals surface area (Å²) in [7, 11) is 0. The zero-order valence-corrected chi connectivity index (χ0v) is 22.6. The smallest absolute Gasteiger partial charge is 0.322 e. The van der Waals surface area contributed by atoms with Gasteiger partial charge in [0, 0.05) is 28.0 Å². The van der Waals surface area contributed by atoms with Gasteiger partial charge in [0.15, 0.2) is 0 Å². The molecule has 37 heavy (non-hydrogen) atoms. The summed E-state index contributed by atoms with van der Waals surface area (Å²) in [5, 5.41) is 3.02. The topological polar surface area (TPSA) is 61.9 Å². The van der Waals surface area contributed by atoms with Gasteiger partial charge in [0.05, 0.1) is 13.2 Å². The highest BCUT2D eigenvalue weighted by Gasteiger charge is 2.29. The van der Waals surface area contributed by atoms with Crippen molar-refractivity contribution in [1.82, 2.24) is 9.80 Å². The van der Waals surface area contributed by atoms with Crippen LogP contribution in [-0.2, 0) is 17.9 Å². The third-order valence-corrected chi connectivity index (χ3v) is 7.70. The van der Waals surface area contributed by atoms with Crippen LogP contribution in [-0.4, -0.2) is 40.9 Å². The molecule has 4 rings (SSSR count). The average molecular weight is 520 g/mol. The lowest BCUT2D eigenvalue weighted by molar-refractivity contribution is -0.133. The Labute approximate surface area is 224 Å². The van der Waals surface area contributed by atoms with Gasteiger partial charge in [0.2, 0.25) is 5.91 Å². The Morgan fingerprint density at radius 2 is 1.68 bits per heavy atom.